The van der Waals surface area contributed by atoms with Crippen molar-refractivity contribution in [2.24, 2.45) is 5.73 Å². The first-order valence-corrected chi connectivity index (χ1v) is 6.26. The van der Waals surface area contributed by atoms with Gasteiger partial charge < -0.3 is 20.8 Å². The van der Waals surface area contributed by atoms with Gasteiger partial charge in [-0.05, 0) is 24.1 Å². The highest BCUT2D eigenvalue weighted by molar-refractivity contribution is 5.82. The average Bonchev–Trinajstić information content (AvgIpc) is 2.42. The molecule has 0 heterocycles. The van der Waals surface area contributed by atoms with Crippen molar-refractivity contribution in [3.05, 3.63) is 49.1 Å². The first-order valence-electron chi connectivity index (χ1n) is 6.26. The first-order chi connectivity index (χ1) is 9.49. The molecule has 1 aromatic rings. The maximum absolute atomic E-state index is 12.2. The minimum Gasteiger partial charge on any atom is -0.504 e. The molecule has 1 atom stereocenters. The van der Waals surface area contributed by atoms with Crippen LogP contribution in [0.25, 0.3) is 0 Å². The molecule has 0 aromatic heterocycles. The number of hydrogen-bond donors (Lipinski definition) is 3. The number of nitrogens with two attached hydrogens (primary N) is 1. The number of hydrogen-bond acceptors (Lipinski definition) is 4. The Labute approximate surface area is 118 Å². The lowest BCUT2D eigenvalue weighted by Crippen LogP contribution is -2.45. The zero-order valence-electron chi connectivity index (χ0n) is 11.3. The summed E-state index contributed by atoms with van der Waals surface area (Å²) >= 11 is 0. The number of rotatable bonds is 7. The second kappa shape index (κ2) is 7.35. The van der Waals surface area contributed by atoms with E-state index in [9.17, 15) is 15.0 Å². The maximum atomic E-state index is 12.2. The summed E-state index contributed by atoms with van der Waals surface area (Å²) < 4.78 is 0. The van der Waals surface area contributed by atoms with Crippen molar-refractivity contribution < 1.29 is 15.0 Å². The smallest absolute Gasteiger partial charge is 0.240 e. The lowest BCUT2D eigenvalue weighted by Gasteiger charge is -2.23. The lowest BCUT2D eigenvalue weighted by atomic mass is 10.0. The van der Waals surface area contributed by atoms with Crippen LogP contribution in [0, 0.1) is 0 Å². The van der Waals surface area contributed by atoms with E-state index in [1.54, 1.807) is 23.1 Å². The van der Waals surface area contributed by atoms with E-state index in [1.807, 2.05) is 0 Å². The van der Waals surface area contributed by atoms with E-state index in [4.69, 9.17) is 5.73 Å². The summed E-state index contributed by atoms with van der Waals surface area (Å²) in [5.41, 5.74) is 6.57. The normalized spacial score (nSPS) is 11.7. The Morgan fingerprint density at radius 3 is 2.35 bits per heavy atom. The predicted molar refractivity (Wildman–Crippen MR) is 78.4 cm³/mol. The van der Waals surface area contributed by atoms with Crippen molar-refractivity contribution in [3.63, 3.8) is 0 Å². The fourth-order valence-corrected chi connectivity index (χ4v) is 1.84. The Morgan fingerprint density at radius 1 is 1.25 bits per heavy atom. The quantitative estimate of drug-likeness (QED) is 0.515. The summed E-state index contributed by atoms with van der Waals surface area (Å²) in [6.07, 6.45) is 3.53. The van der Waals surface area contributed by atoms with Gasteiger partial charge in [0.2, 0.25) is 5.91 Å². The number of nitrogens with zero attached hydrogens (tertiary/aromatic N) is 1. The molecule has 1 rings (SSSR count). The van der Waals surface area contributed by atoms with Crippen LogP contribution in [0.5, 0.6) is 11.5 Å². The van der Waals surface area contributed by atoms with Crippen LogP contribution in [0.4, 0.5) is 0 Å². The van der Waals surface area contributed by atoms with Gasteiger partial charge in [0.1, 0.15) is 0 Å². The summed E-state index contributed by atoms with van der Waals surface area (Å²) in [5.74, 6) is -0.637. The Hall–Kier alpha value is -2.27. The van der Waals surface area contributed by atoms with Gasteiger partial charge in [0.05, 0.1) is 6.04 Å². The molecule has 0 unspecified atom stereocenters. The fraction of sp³-hybridized carbons (Fsp3) is 0.267. The topological polar surface area (TPSA) is 86.8 Å². The van der Waals surface area contributed by atoms with Crippen LogP contribution in [-0.2, 0) is 11.2 Å². The summed E-state index contributed by atoms with van der Waals surface area (Å²) in [6.45, 7) is 8.00. The largest absolute Gasteiger partial charge is 0.504 e. The number of carbonyl (C=O) groups excluding carboxylic acids is 1. The molecule has 0 aliphatic rings. The molecule has 0 aliphatic carbocycles. The standard InChI is InChI=1S/C15H20N2O3/c1-3-7-17(8-4-2)15(20)12(16)9-11-5-6-13(18)14(19)10-11/h3-6,10,12,18-19H,1-2,7-9,16H2/t12-/m0/s1. The summed E-state index contributed by atoms with van der Waals surface area (Å²) in [5, 5.41) is 18.7. The van der Waals surface area contributed by atoms with Crippen molar-refractivity contribution in [1.82, 2.24) is 4.90 Å². The second-order valence-electron chi connectivity index (χ2n) is 4.45. The van der Waals surface area contributed by atoms with E-state index < -0.39 is 6.04 Å². The molecule has 5 heteroatoms. The fourth-order valence-electron chi connectivity index (χ4n) is 1.84. The Balaban J connectivity index is 2.74. The molecule has 5 nitrogen and oxygen atoms in total. The van der Waals surface area contributed by atoms with Gasteiger partial charge in [-0.25, -0.2) is 0 Å². The molecule has 0 aliphatic heterocycles. The van der Waals surface area contributed by atoms with Gasteiger partial charge in [-0.15, -0.1) is 13.2 Å². The monoisotopic (exact) mass is 276 g/mol. The zero-order valence-corrected chi connectivity index (χ0v) is 11.3. The van der Waals surface area contributed by atoms with Crippen LogP contribution in [0.15, 0.2) is 43.5 Å². The van der Waals surface area contributed by atoms with Gasteiger partial charge in [-0.3, -0.25) is 4.79 Å². The van der Waals surface area contributed by atoms with Gasteiger partial charge in [-0.2, -0.15) is 0 Å². The Kier molecular flexibility index (Phi) is 5.80. The van der Waals surface area contributed by atoms with E-state index in [-0.39, 0.29) is 23.8 Å². The predicted octanol–water partition coefficient (Wildman–Crippen LogP) is 1.17. The van der Waals surface area contributed by atoms with E-state index >= 15 is 0 Å². The molecule has 0 spiro atoms. The molecule has 0 saturated carbocycles. The van der Waals surface area contributed by atoms with Crippen LogP contribution in [0.2, 0.25) is 0 Å². The van der Waals surface area contributed by atoms with E-state index in [0.29, 0.717) is 18.7 Å². The van der Waals surface area contributed by atoms with Crippen LogP contribution in [-0.4, -0.2) is 40.2 Å². The number of aromatic hydroxyl groups is 2. The molecule has 0 radical (unpaired) electrons. The van der Waals surface area contributed by atoms with Gasteiger partial charge in [-0.1, -0.05) is 18.2 Å². The number of amides is 1. The minimum atomic E-state index is -0.723. The third-order valence-corrected chi connectivity index (χ3v) is 2.82. The summed E-state index contributed by atoms with van der Waals surface area (Å²) in [4.78, 5) is 13.7. The number of carbonyl (C=O) groups is 1. The Bertz CT molecular complexity index is 490. The molecule has 1 aromatic carbocycles. The Morgan fingerprint density at radius 2 is 1.85 bits per heavy atom. The highest BCUT2D eigenvalue weighted by Gasteiger charge is 2.20. The van der Waals surface area contributed by atoms with Gasteiger partial charge in [0, 0.05) is 13.1 Å². The first kappa shape index (κ1) is 15.8. The minimum absolute atomic E-state index is 0.200. The van der Waals surface area contributed by atoms with Crippen molar-refractivity contribution >= 4 is 5.91 Å². The third-order valence-electron chi connectivity index (χ3n) is 2.82. The number of phenols is 2. The van der Waals surface area contributed by atoms with Crippen LogP contribution >= 0.6 is 0 Å². The number of phenolic OH excluding ortho intramolecular Hbond substituents is 2. The van der Waals surface area contributed by atoms with Crippen molar-refractivity contribution in [1.29, 1.82) is 0 Å². The molecule has 0 fully saturated rings. The molecular weight excluding hydrogens is 256 g/mol. The lowest BCUT2D eigenvalue weighted by molar-refractivity contribution is -0.131. The molecular formula is C15H20N2O3. The van der Waals surface area contributed by atoms with Gasteiger partial charge in [0.15, 0.2) is 11.5 Å². The molecule has 1 amide bonds. The second-order valence-corrected chi connectivity index (χ2v) is 4.45. The maximum Gasteiger partial charge on any atom is 0.240 e. The third kappa shape index (κ3) is 4.13. The highest BCUT2D eigenvalue weighted by Crippen LogP contribution is 2.25. The van der Waals surface area contributed by atoms with E-state index in [1.165, 1.54) is 12.1 Å². The summed E-state index contributed by atoms with van der Waals surface area (Å²) in [6, 6.07) is 3.66. The molecule has 108 valence electrons. The zero-order chi connectivity index (χ0) is 15.1. The van der Waals surface area contributed by atoms with Crippen molar-refractivity contribution in [2.75, 3.05) is 13.1 Å². The molecule has 0 saturated heterocycles. The SMILES string of the molecule is C=CCN(CC=C)C(=O)[C@@H](N)Cc1ccc(O)c(O)c1. The van der Waals surface area contributed by atoms with E-state index in [2.05, 4.69) is 13.2 Å². The number of benzene rings is 1. The van der Waals surface area contributed by atoms with Crippen LogP contribution in [0.1, 0.15) is 5.56 Å². The molecule has 20 heavy (non-hydrogen) atoms. The molecule has 0 bridgehead atoms. The van der Waals surface area contributed by atoms with Gasteiger partial charge >= 0.3 is 0 Å². The van der Waals surface area contributed by atoms with Crippen molar-refractivity contribution in [2.45, 2.75) is 12.5 Å². The van der Waals surface area contributed by atoms with Crippen molar-refractivity contribution in [3.8, 4) is 11.5 Å². The van der Waals surface area contributed by atoms with E-state index in [0.717, 1.165) is 0 Å². The van der Waals surface area contributed by atoms with Crippen LogP contribution < -0.4 is 5.73 Å². The average molecular weight is 276 g/mol. The molecule has 4 N–H and O–H groups in total. The summed E-state index contributed by atoms with van der Waals surface area (Å²) in [7, 11) is 0. The highest BCUT2D eigenvalue weighted by atomic mass is 16.3. The van der Waals surface area contributed by atoms with Gasteiger partial charge in [0.25, 0.3) is 0 Å². The van der Waals surface area contributed by atoms with Crippen LogP contribution in [0.3, 0.4) is 0 Å².